The predicted molar refractivity (Wildman–Crippen MR) is 132 cm³/mol. The number of nitrogens with zero attached hydrogens (tertiary/aromatic N) is 2. The van der Waals surface area contributed by atoms with Crippen LogP contribution < -0.4 is 5.43 Å². The van der Waals surface area contributed by atoms with Crippen LogP contribution in [0.15, 0.2) is 39.7 Å². The number of hydrazine groups is 1. The summed E-state index contributed by atoms with van der Waals surface area (Å²) < 4.78 is 6.11. The summed E-state index contributed by atoms with van der Waals surface area (Å²) in [6.07, 6.45) is 5.48. The Bertz CT molecular complexity index is 1060. The van der Waals surface area contributed by atoms with E-state index >= 15 is 0 Å². The van der Waals surface area contributed by atoms with Crippen LogP contribution in [0.4, 0.5) is 0 Å². The first kappa shape index (κ1) is 23.3. The summed E-state index contributed by atoms with van der Waals surface area (Å²) in [7, 11) is 0. The molecule has 0 radical (unpaired) electrons. The second-order valence-electron chi connectivity index (χ2n) is 7.50. The molecule has 2 aliphatic rings. The van der Waals surface area contributed by atoms with Gasteiger partial charge in [-0.25, -0.2) is 0 Å². The van der Waals surface area contributed by atoms with Crippen molar-refractivity contribution in [1.82, 2.24) is 15.3 Å². The molecule has 6 nitrogen and oxygen atoms in total. The molecule has 0 saturated carbocycles. The number of nitrogens with one attached hydrogen (secondary N) is 1. The zero-order valence-corrected chi connectivity index (χ0v) is 20.3. The van der Waals surface area contributed by atoms with E-state index in [2.05, 4.69) is 10.3 Å². The summed E-state index contributed by atoms with van der Waals surface area (Å²) in [5.41, 5.74) is 3.22. The molecule has 1 aromatic heterocycles. The molecule has 0 unspecified atom stereocenters. The molecule has 1 aromatic carbocycles. The van der Waals surface area contributed by atoms with Crippen LogP contribution in [-0.2, 0) is 9.59 Å². The van der Waals surface area contributed by atoms with E-state index in [1.54, 1.807) is 36.4 Å². The largest absolute Gasteiger partial charge is 0.457 e. The van der Waals surface area contributed by atoms with Crippen LogP contribution in [0.3, 0.4) is 0 Å². The molecule has 2 aromatic rings. The van der Waals surface area contributed by atoms with Crippen LogP contribution in [0.5, 0.6) is 0 Å². The number of carbonyl (C=O) groups excluding carboxylic acids is 2. The number of piperidine rings is 1. The van der Waals surface area contributed by atoms with Gasteiger partial charge in [-0.05, 0) is 62.4 Å². The van der Waals surface area contributed by atoms with Gasteiger partial charge in [0, 0.05) is 19.0 Å². The molecule has 2 aliphatic heterocycles. The van der Waals surface area contributed by atoms with Crippen molar-refractivity contribution in [3.63, 3.8) is 0 Å². The summed E-state index contributed by atoms with van der Waals surface area (Å²) in [5.74, 6) is 0.322. The molecule has 2 amide bonds. The van der Waals surface area contributed by atoms with E-state index in [0.717, 1.165) is 42.7 Å². The summed E-state index contributed by atoms with van der Waals surface area (Å²) in [6.45, 7) is 2.71. The van der Waals surface area contributed by atoms with E-state index in [1.165, 1.54) is 6.42 Å². The number of carbonyl (C=O) groups is 2. The van der Waals surface area contributed by atoms with Gasteiger partial charge >= 0.3 is 0 Å². The van der Waals surface area contributed by atoms with Crippen molar-refractivity contribution in [2.24, 2.45) is 0 Å². The number of thioether (sulfide) groups is 1. The fourth-order valence-electron chi connectivity index (χ4n) is 3.61. The lowest BCUT2D eigenvalue weighted by Crippen LogP contribution is -2.46. The van der Waals surface area contributed by atoms with Gasteiger partial charge in [0.2, 0.25) is 5.91 Å². The highest BCUT2D eigenvalue weighted by atomic mass is 35.5. The van der Waals surface area contributed by atoms with Crippen LogP contribution in [-0.4, -0.2) is 45.7 Å². The number of hydrogen-bond acceptors (Lipinski definition) is 6. The Balaban J connectivity index is 1.40. The van der Waals surface area contributed by atoms with Crippen molar-refractivity contribution < 1.29 is 14.0 Å². The van der Waals surface area contributed by atoms with E-state index in [1.807, 2.05) is 0 Å². The zero-order chi connectivity index (χ0) is 22.7. The Morgan fingerprint density at radius 2 is 1.88 bits per heavy atom. The van der Waals surface area contributed by atoms with Gasteiger partial charge in [0.25, 0.3) is 5.91 Å². The van der Waals surface area contributed by atoms with Crippen LogP contribution in [0.2, 0.25) is 10.0 Å². The van der Waals surface area contributed by atoms with E-state index < -0.39 is 0 Å². The molecule has 0 spiro atoms. The van der Waals surface area contributed by atoms with Crippen LogP contribution >= 0.6 is 47.2 Å². The van der Waals surface area contributed by atoms with Crippen molar-refractivity contribution in [3.8, 4) is 11.3 Å². The Kier molecular flexibility index (Phi) is 7.58. The fourth-order valence-corrected chi connectivity index (χ4v) is 5.36. The summed E-state index contributed by atoms with van der Waals surface area (Å²) in [5, 5.41) is 2.06. The first-order valence-electron chi connectivity index (χ1n) is 10.3. The molecular weight excluding hydrogens is 489 g/mol. The van der Waals surface area contributed by atoms with Crippen molar-refractivity contribution in [2.45, 2.75) is 25.7 Å². The van der Waals surface area contributed by atoms with E-state index in [9.17, 15) is 9.59 Å². The number of amides is 2. The number of halogens is 2. The van der Waals surface area contributed by atoms with Crippen LogP contribution in [0.1, 0.15) is 31.4 Å². The third kappa shape index (κ3) is 5.38. The van der Waals surface area contributed by atoms with Crippen LogP contribution in [0.25, 0.3) is 17.4 Å². The normalized spacial score (nSPS) is 18.6. The van der Waals surface area contributed by atoms with Gasteiger partial charge in [-0.1, -0.05) is 47.5 Å². The molecule has 4 rings (SSSR count). The minimum absolute atomic E-state index is 0.234. The minimum atomic E-state index is -0.389. The first-order valence-corrected chi connectivity index (χ1v) is 12.2. The maximum atomic E-state index is 12.8. The molecule has 2 fully saturated rings. The average molecular weight is 510 g/mol. The predicted octanol–water partition coefficient (Wildman–Crippen LogP) is 5.36. The van der Waals surface area contributed by atoms with E-state index in [0.29, 0.717) is 45.0 Å². The Morgan fingerprint density at radius 3 is 2.59 bits per heavy atom. The zero-order valence-electron chi connectivity index (χ0n) is 17.1. The highest BCUT2D eigenvalue weighted by Gasteiger charge is 2.34. The molecule has 0 atom stereocenters. The maximum absolute atomic E-state index is 12.8. The van der Waals surface area contributed by atoms with Crippen molar-refractivity contribution in [1.29, 1.82) is 0 Å². The third-order valence-electron chi connectivity index (χ3n) is 5.24. The molecule has 10 heteroatoms. The van der Waals surface area contributed by atoms with E-state index in [4.69, 9.17) is 39.8 Å². The number of furan rings is 1. The second kappa shape index (κ2) is 10.4. The molecular formula is C22H21Cl2N3O3S2. The number of likely N-dealkylation sites (tertiary alicyclic amines) is 1. The third-order valence-corrected chi connectivity index (χ3v) is 7.18. The Labute approximate surface area is 205 Å². The molecule has 32 heavy (non-hydrogen) atoms. The lowest BCUT2D eigenvalue weighted by atomic mass is 10.1. The molecule has 2 saturated heterocycles. The quantitative estimate of drug-likeness (QED) is 0.417. The molecule has 0 aliphatic carbocycles. The first-order chi connectivity index (χ1) is 15.4. The van der Waals surface area contributed by atoms with Crippen molar-refractivity contribution >= 4 is 69.4 Å². The lowest BCUT2D eigenvalue weighted by molar-refractivity contribution is -0.133. The van der Waals surface area contributed by atoms with Gasteiger partial charge in [-0.3, -0.25) is 15.0 Å². The SMILES string of the molecule is O=C(CCN1CCCCC1)NN1C(=O)/C(=C/c2ccc(-c3c(Cl)cccc3Cl)o2)SC1=S. The molecule has 0 bridgehead atoms. The molecule has 1 N–H and O–H groups in total. The Hall–Kier alpha value is -1.84. The number of benzene rings is 1. The van der Waals surface area contributed by atoms with Gasteiger partial charge in [-0.2, -0.15) is 5.01 Å². The highest BCUT2D eigenvalue weighted by molar-refractivity contribution is 8.26. The van der Waals surface area contributed by atoms with Crippen molar-refractivity contribution in [3.05, 3.63) is 51.0 Å². The van der Waals surface area contributed by atoms with Gasteiger partial charge < -0.3 is 9.32 Å². The summed E-state index contributed by atoms with van der Waals surface area (Å²) in [6, 6.07) is 8.67. The number of thiocarbonyl (C=S) groups is 1. The number of hydrogen-bond donors (Lipinski definition) is 1. The van der Waals surface area contributed by atoms with E-state index in [-0.39, 0.29) is 16.1 Å². The summed E-state index contributed by atoms with van der Waals surface area (Å²) >= 11 is 18.9. The topological polar surface area (TPSA) is 65.8 Å². The van der Waals surface area contributed by atoms with Gasteiger partial charge in [0.05, 0.1) is 20.5 Å². The monoisotopic (exact) mass is 509 g/mol. The maximum Gasteiger partial charge on any atom is 0.285 e. The number of rotatable bonds is 6. The smallest absolute Gasteiger partial charge is 0.285 e. The minimum Gasteiger partial charge on any atom is -0.457 e. The Morgan fingerprint density at radius 1 is 1.16 bits per heavy atom. The molecule has 168 valence electrons. The average Bonchev–Trinajstić information content (AvgIpc) is 3.33. The standard InChI is InChI=1S/C22H21Cl2N3O3S2/c23-15-5-4-6-16(24)20(15)17-8-7-14(30-17)13-18-21(29)27(22(31)32-18)25-19(28)9-12-26-10-2-1-3-11-26/h4-8,13H,1-3,9-12H2,(H,25,28)/b18-13-. The van der Waals surface area contributed by atoms with Crippen molar-refractivity contribution in [2.75, 3.05) is 19.6 Å². The van der Waals surface area contributed by atoms with Gasteiger partial charge in [-0.15, -0.1) is 0 Å². The van der Waals surface area contributed by atoms with Gasteiger partial charge in [0.15, 0.2) is 4.32 Å². The van der Waals surface area contributed by atoms with Crippen LogP contribution in [0, 0.1) is 0 Å². The fraction of sp³-hybridized carbons (Fsp3) is 0.318. The second-order valence-corrected chi connectivity index (χ2v) is 9.99. The summed E-state index contributed by atoms with van der Waals surface area (Å²) in [4.78, 5) is 27.8. The molecule has 3 heterocycles. The lowest BCUT2D eigenvalue weighted by Gasteiger charge is -2.26. The highest BCUT2D eigenvalue weighted by Crippen LogP contribution is 2.37. The van der Waals surface area contributed by atoms with Gasteiger partial charge in [0.1, 0.15) is 11.5 Å².